The van der Waals surface area contributed by atoms with Crippen LogP contribution >= 0.6 is 24.0 Å². The third-order valence-electron chi connectivity index (χ3n) is 1.44. The van der Waals surface area contributed by atoms with Crippen LogP contribution in [-0.2, 0) is 21.8 Å². The van der Waals surface area contributed by atoms with Gasteiger partial charge in [-0.15, -0.1) is 0 Å². The molecule has 1 nitrogen and oxygen atoms in total. The molecule has 0 unspecified atom stereocenters. The number of ether oxygens (including phenoxy) is 1. The van der Waals surface area contributed by atoms with Gasteiger partial charge in [0.25, 0.3) is 0 Å². The first-order chi connectivity index (χ1) is 5.81. The predicted octanol–water partition coefficient (Wildman–Crippen LogP) is 3.62. The van der Waals surface area contributed by atoms with E-state index in [1.54, 1.807) is 11.8 Å². The Balaban J connectivity index is 0. The van der Waals surface area contributed by atoms with E-state index in [-0.39, 0.29) is 17.1 Å². The quantitative estimate of drug-likeness (QED) is 0.414. The Morgan fingerprint density at radius 1 is 1.23 bits per heavy atom. The molecule has 4 heteroatoms. The zero-order valence-electron chi connectivity index (χ0n) is 8.27. The molecule has 0 aliphatic rings. The van der Waals surface area contributed by atoms with Crippen LogP contribution in [0, 0.1) is 0 Å². The van der Waals surface area contributed by atoms with Crippen LogP contribution in [-0.4, -0.2) is 16.7 Å². The minimum atomic E-state index is 0. The Kier molecular flexibility index (Phi) is 15.9. The van der Waals surface area contributed by atoms with E-state index in [9.17, 15) is 0 Å². The number of thioether (sulfide) groups is 1. The first-order valence-electron chi connectivity index (χ1n) is 4.60. The van der Waals surface area contributed by atoms with Gasteiger partial charge in [0, 0.05) is 5.75 Å². The van der Waals surface area contributed by atoms with E-state index in [1.807, 2.05) is 0 Å². The molecule has 0 rings (SSSR count). The largest absolute Gasteiger partial charge is 2.00 e. The molecule has 0 N–H and O–H groups in total. The molecule has 0 saturated heterocycles. The Morgan fingerprint density at radius 3 is 2.38 bits per heavy atom. The maximum atomic E-state index is 5.32. The summed E-state index contributed by atoms with van der Waals surface area (Å²) in [6.45, 7) is 5.12. The number of unbranched alkanes of at least 4 members (excludes halogenated alkanes) is 2. The Labute approximate surface area is 102 Å². The topological polar surface area (TPSA) is 9.23 Å². The van der Waals surface area contributed by atoms with Crippen LogP contribution in [0.1, 0.15) is 39.5 Å². The van der Waals surface area contributed by atoms with Crippen molar-refractivity contribution in [2.45, 2.75) is 39.5 Å². The second-order valence-corrected chi connectivity index (χ2v) is 4.35. The van der Waals surface area contributed by atoms with Crippen molar-refractivity contribution in [1.29, 1.82) is 0 Å². The van der Waals surface area contributed by atoms with Gasteiger partial charge in [0.05, 0.1) is 6.61 Å². The summed E-state index contributed by atoms with van der Waals surface area (Å²) in [5.74, 6) is 1.10. The summed E-state index contributed by atoms with van der Waals surface area (Å²) in [6, 6.07) is 0. The number of hydrogen-bond donors (Lipinski definition) is 0. The average Bonchev–Trinajstić information content (AvgIpc) is 2.06. The summed E-state index contributed by atoms with van der Waals surface area (Å²) in [7, 11) is 0. The van der Waals surface area contributed by atoms with Crippen LogP contribution in [0.15, 0.2) is 0 Å². The molecule has 13 heavy (non-hydrogen) atoms. The van der Waals surface area contributed by atoms with Crippen LogP contribution in [0.3, 0.4) is 0 Å². The smallest absolute Gasteiger partial charge is 0.479 e. The zero-order valence-corrected chi connectivity index (χ0v) is 10.8. The zero-order chi connectivity index (χ0) is 9.23. The van der Waals surface area contributed by atoms with Crippen molar-refractivity contribution in [3.05, 3.63) is 0 Å². The van der Waals surface area contributed by atoms with Crippen LogP contribution in [0.25, 0.3) is 0 Å². The minimum absolute atomic E-state index is 0. The Hall–Kier alpha value is 0.759. The van der Waals surface area contributed by atoms with Crippen molar-refractivity contribution in [2.75, 3.05) is 12.4 Å². The fourth-order valence-corrected chi connectivity index (χ4v) is 1.74. The Bertz CT molecular complexity index is 108. The molecule has 0 fully saturated rings. The van der Waals surface area contributed by atoms with Crippen molar-refractivity contribution >= 4 is 28.4 Å². The second kappa shape index (κ2) is 12.8. The first-order valence-corrected chi connectivity index (χ1v) is 6.00. The van der Waals surface area contributed by atoms with E-state index in [0.717, 1.165) is 23.2 Å². The van der Waals surface area contributed by atoms with Gasteiger partial charge >= 0.3 is 17.1 Å². The number of hydrogen-bond acceptors (Lipinski definition) is 3. The molecule has 81 valence electrons. The molecule has 0 atom stereocenters. The van der Waals surface area contributed by atoms with Gasteiger partial charge in [-0.25, -0.2) is 0 Å². The van der Waals surface area contributed by atoms with Gasteiger partial charge < -0.3 is 4.74 Å². The molecule has 1 radical (unpaired) electrons. The van der Waals surface area contributed by atoms with Crippen molar-refractivity contribution in [3.63, 3.8) is 0 Å². The van der Waals surface area contributed by atoms with Gasteiger partial charge in [-0.2, -0.15) is 0 Å². The predicted molar refractivity (Wildman–Crippen MR) is 60.8 cm³/mol. The van der Waals surface area contributed by atoms with Gasteiger partial charge in [-0.05, 0) is 25.1 Å². The van der Waals surface area contributed by atoms with Gasteiger partial charge in [0.1, 0.15) is 0 Å². The SMILES string of the molecule is CCCCOC(=S)SCCCC.[Cu+2]. The molecule has 0 spiro atoms. The van der Waals surface area contributed by atoms with Gasteiger partial charge in [-0.3, -0.25) is 0 Å². The van der Waals surface area contributed by atoms with E-state index >= 15 is 0 Å². The molecule has 0 aromatic rings. The maximum absolute atomic E-state index is 5.32. The van der Waals surface area contributed by atoms with Crippen molar-refractivity contribution in [2.24, 2.45) is 0 Å². The van der Waals surface area contributed by atoms with E-state index in [1.165, 1.54) is 19.3 Å². The average molecular weight is 270 g/mol. The molecule has 0 aromatic heterocycles. The summed E-state index contributed by atoms with van der Waals surface area (Å²) >= 11 is 6.68. The summed E-state index contributed by atoms with van der Waals surface area (Å²) in [4.78, 5) is 0. The molecule has 0 aliphatic heterocycles. The third-order valence-corrected chi connectivity index (χ3v) is 2.75. The fraction of sp³-hybridized carbons (Fsp3) is 0.889. The fourth-order valence-electron chi connectivity index (χ4n) is 0.641. The monoisotopic (exact) mass is 269 g/mol. The van der Waals surface area contributed by atoms with Crippen molar-refractivity contribution < 1.29 is 21.8 Å². The molecular formula is C9H18CuOS2+2. The Morgan fingerprint density at radius 2 is 1.85 bits per heavy atom. The number of thiocarbonyl (C=S) groups is 1. The van der Waals surface area contributed by atoms with E-state index in [4.69, 9.17) is 17.0 Å². The third kappa shape index (κ3) is 12.8. The molecular weight excluding hydrogens is 252 g/mol. The second-order valence-electron chi connectivity index (χ2n) is 2.65. The standard InChI is InChI=1S/C9H18OS2.Cu/c1-3-5-7-10-9(11)12-8-6-4-2;/h3-8H2,1-2H3;/q;+2. The van der Waals surface area contributed by atoms with Gasteiger partial charge in [0.2, 0.25) is 4.38 Å². The van der Waals surface area contributed by atoms with Gasteiger partial charge in [0.15, 0.2) is 0 Å². The molecule has 0 saturated carbocycles. The summed E-state index contributed by atoms with van der Waals surface area (Å²) in [5, 5.41) is 0. The van der Waals surface area contributed by atoms with Crippen molar-refractivity contribution in [3.8, 4) is 0 Å². The molecule has 0 aliphatic carbocycles. The maximum Gasteiger partial charge on any atom is 2.00 e. The minimum Gasteiger partial charge on any atom is -0.479 e. The first kappa shape index (κ1) is 16.2. The van der Waals surface area contributed by atoms with Crippen LogP contribution in [0.5, 0.6) is 0 Å². The summed E-state index contributed by atoms with van der Waals surface area (Å²) < 4.78 is 6.04. The molecule has 0 amide bonds. The molecule has 0 aromatic carbocycles. The van der Waals surface area contributed by atoms with Crippen molar-refractivity contribution in [1.82, 2.24) is 0 Å². The summed E-state index contributed by atoms with van der Waals surface area (Å²) in [5.41, 5.74) is 0. The van der Waals surface area contributed by atoms with Gasteiger partial charge in [-0.1, -0.05) is 38.5 Å². The van der Waals surface area contributed by atoms with E-state index < -0.39 is 0 Å². The van der Waals surface area contributed by atoms with E-state index in [0.29, 0.717) is 0 Å². The normalized spacial score (nSPS) is 9.08. The molecule has 0 heterocycles. The van der Waals surface area contributed by atoms with Crippen LogP contribution in [0.4, 0.5) is 0 Å². The molecule has 0 bridgehead atoms. The number of rotatable bonds is 6. The van der Waals surface area contributed by atoms with Crippen LogP contribution < -0.4 is 0 Å². The van der Waals surface area contributed by atoms with E-state index in [2.05, 4.69) is 13.8 Å². The summed E-state index contributed by atoms with van der Waals surface area (Å²) in [6.07, 6.45) is 4.73. The van der Waals surface area contributed by atoms with Crippen LogP contribution in [0.2, 0.25) is 0 Å².